The highest BCUT2D eigenvalue weighted by atomic mass is 16.1. The molecule has 0 bridgehead atoms. The van der Waals surface area contributed by atoms with Crippen LogP contribution in [-0.4, -0.2) is 5.78 Å². The number of unbranched alkanes of at least 4 members (excludes halogenated alkanes) is 2. The summed E-state index contributed by atoms with van der Waals surface area (Å²) in [6, 6.07) is 8.60. The van der Waals surface area contributed by atoms with Gasteiger partial charge >= 0.3 is 0 Å². The van der Waals surface area contributed by atoms with Crippen LogP contribution in [0.5, 0.6) is 0 Å². The van der Waals surface area contributed by atoms with Crippen LogP contribution in [0, 0.1) is 0 Å². The van der Waals surface area contributed by atoms with Crippen LogP contribution in [0.15, 0.2) is 30.3 Å². The first-order chi connectivity index (χ1) is 8.67. The fourth-order valence-corrected chi connectivity index (χ4v) is 1.94. The van der Waals surface area contributed by atoms with E-state index in [2.05, 4.69) is 31.2 Å². The van der Waals surface area contributed by atoms with Gasteiger partial charge in [0.1, 0.15) is 0 Å². The minimum atomic E-state index is 0.194. The van der Waals surface area contributed by atoms with Gasteiger partial charge in [0.15, 0.2) is 5.78 Å². The maximum Gasteiger partial charge on any atom is 0.155 e. The Balaban J connectivity index is 2.64. The van der Waals surface area contributed by atoms with Gasteiger partial charge in [0.2, 0.25) is 0 Å². The molecule has 1 aromatic carbocycles. The Kier molecular flexibility index (Phi) is 6.42. The van der Waals surface area contributed by atoms with Crippen LogP contribution in [0.4, 0.5) is 0 Å². The van der Waals surface area contributed by atoms with Gasteiger partial charge in [-0.2, -0.15) is 0 Å². The van der Waals surface area contributed by atoms with Crippen molar-refractivity contribution in [3.63, 3.8) is 0 Å². The fraction of sp³-hybridized carbons (Fsp3) is 0.471. The highest BCUT2D eigenvalue weighted by Crippen LogP contribution is 2.16. The van der Waals surface area contributed by atoms with Crippen LogP contribution < -0.4 is 0 Å². The third kappa shape index (κ3) is 4.87. The van der Waals surface area contributed by atoms with E-state index in [0.29, 0.717) is 6.42 Å². The van der Waals surface area contributed by atoms with Crippen molar-refractivity contribution < 1.29 is 4.79 Å². The highest BCUT2D eigenvalue weighted by molar-refractivity contribution is 5.96. The topological polar surface area (TPSA) is 17.1 Å². The maximum absolute atomic E-state index is 11.4. The van der Waals surface area contributed by atoms with Crippen LogP contribution in [0.2, 0.25) is 0 Å². The lowest BCUT2D eigenvalue weighted by Crippen LogP contribution is -1.91. The second-order valence-electron chi connectivity index (χ2n) is 4.80. The number of allylic oxidation sites excluding steroid dienone is 2. The van der Waals surface area contributed by atoms with Crippen molar-refractivity contribution in [1.29, 1.82) is 0 Å². The van der Waals surface area contributed by atoms with Gasteiger partial charge in [-0.05, 0) is 42.5 Å². The number of benzene rings is 1. The smallest absolute Gasteiger partial charge is 0.155 e. The first-order valence-electron chi connectivity index (χ1n) is 6.97. The number of aryl methyl sites for hydroxylation is 1. The molecule has 0 radical (unpaired) electrons. The van der Waals surface area contributed by atoms with Crippen molar-refractivity contribution >= 4 is 11.4 Å². The Morgan fingerprint density at radius 2 is 1.78 bits per heavy atom. The summed E-state index contributed by atoms with van der Waals surface area (Å²) in [6.07, 6.45) is 7.30. The third-order valence-corrected chi connectivity index (χ3v) is 3.20. The quantitative estimate of drug-likeness (QED) is 0.497. The fourth-order valence-electron chi connectivity index (χ4n) is 1.94. The molecule has 18 heavy (non-hydrogen) atoms. The maximum atomic E-state index is 11.4. The lowest BCUT2D eigenvalue weighted by atomic mass is 10.0. The molecule has 98 valence electrons. The molecule has 1 nitrogen and oxygen atoms in total. The van der Waals surface area contributed by atoms with Gasteiger partial charge < -0.3 is 0 Å². The molecule has 1 rings (SSSR count). The number of rotatable bonds is 7. The van der Waals surface area contributed by atoms with Crippen molar-refractivity contribution in [2.24, 2.45) is 0 Å². The summed E-state index contributed by atoms with van der Waals surface area (Å²) in [5, 5.41) is 0. The molecule has 0 unspecified atom stereocenters. The number of ketones is 1. The summed E-state index contributed by atoms with van der Waals surface area (Å²) in [5.41, 5.74) is 3.60. The molecule has 0 aliphatic carbocycles. The molecule has 0 amide bonds. The number of hydrogen-bond acceptors (Lipinski definition) is 1. The number of carbonyl (C=O) groups is 1. The minimum Gasteiger partial charge on any atom is -0.295 e. The van der Waals surface area contributed by atoms with Crippen LogP contribution in [0.3, 0.4) is 0 Å². The van der Waals surface area contributed by atoms with E-state index in [-0.39, 0.29) is 5.78 Å². The van der Waals surface area contributed by atoms with Crippen LogP contribution in [0.25, 0.3) is 5.57 Å². The van der Waals surface area contributed by atoms with E-state index in [1.807, 2.05) is 13.8 Å². The summed E-state index contributed by atoms with van der Waals surface area (Å²) in [5.74, 6) is 0.194. The molecular formula is C17H24O. The van der Waals surface area contributed by atoms with Crippen molar-refractivity contribution in [2.75, 3.05) is 0 Å². The predicted octanol–water partition coefficient (Wildman–Crippen LogP) is 4.80. The van der Waals surface area contributed by atoms with E-state index in [0.717, 1.165) is 17.6 Å². The normalized spacial score (nSPS) is 11.6. The van der Waals surface area contributed by atoms with Crippen LogP contribution in [0.1, 0.15) is 57.6 Å². The molecule has 0 aliphatic heterocycles. The largest absolute Gasteiger partial charge is 0.295 e. The van der Waals surface area contributed by atoms with Gasteiger partial charge in [-0.15, -0.1) is 0 Å². The summed E-state index contributed by atoms with van der Waals surface area (Å²) in [4.78, 5) is 11.4. The molecule has 0 saturated heterocycles. The average molecular weight is 244 g/mol. The van der Waals surface area contributed by atoms with Gasteiger partial charge in [-0.3, -0.25) is 4.79 Å². The van der Waals surface area contributed by atoms with Crippen LogP contribution >= 0.6 is 0 Å². The second kappa shape index (κ2) is 7.86. The Morgan fingerprint density at radius 3 is 2.33 bits per heavy atom. The molecule has 0 atom stereocenters. The number of hydrogen-bond donors (Lipinski definition) is 0. The Hall–Kier alpha value is -1.37. The number of carbonyl (C=O) groups excluding carboxylic acids is 1. The third-order valence-electron chi connectivity index (χ3n) is 3.20. The molecule has 0 heterocycles. The van der Waals surface area contributed by atoms with Crippen molar-refractivity contribution in [1.82, 2.24) is 0 Å². The molecular weight excluding hydrogens is 220 g/mol. The van der Waals surface area contributed by atoms with E-state index < -0.39 is 0 Å². The summed E-state index contributed by atoms with van der Waals surface area (Å²) in [6.45, 7) is 6.12. The molecule has 0 fully saturated rings. The minimum absolute atomic E-state index is 0.194. The van der Waals surface area contributed by atoms with Gasteiger partial charge in [-0.1, -0.05) is 51.0 Å². The Labute approximate surface area is 111 Å². The Morgan fingerprint density at radius 1 is 1.11 bits per heavy atom. The van der Waals surface area contributed by atoms with E-state index in [1.165, 1.54) is 24.8 Å². The SMILES string of the molecule is CCCCCc1ccc(/C(C)=C/C(=O)CC)cc1. The van der Waals surface area contributed by atoms with E-state index in [4.69, 9.17) is 0 Å². The standard InChI is InChI=1S/C17H24O/c1-4-6-7-8-15-9-11-16(12-10-15)14(3)13-17(18)5-2/h9-13H,4-8H2,1-3H3/b14-13+. The van der Waals surface area contributed by atoms with E-state index >= 15 is 0 Å². The predicted molar refractivity (Wildman–Crippen MR) is 78.6 cm³/mol. The monoisotopic (exact) mass is 244 g/mol. The zero-order valence-corrected chi connectivity index (χ0v) is 11.8. The molecule has 0 saturated carbocycles. The second-order valence-corrected chi connectivity index (χ2v) is 4.80. The summed E-state index contributed by atoms with van der Waals surface area (Å²) >= 11 is 0. The molecule has 0 aliphatic rings. The molecule has 0 spiro atoms. The van der Waals surface area contributed by atoms with Gasteiger partial charge in [0, 0.05) is 6.42 Å². The Bertz CT molecular complexity index is 398. The van der Waals surface area contributed by atoms with Gasteiger partial charge in [0.05, 0.1) is 0 Å². The molecule has 1 aromatic rings. The van der Waals surface area contributed by atoms with E-state index in [1.54, 1.807) is 6.08 Å². The first kappa shape index (κ1) is 14.7. The summed E-state index contributed by atoms with van der Waals surface area (Å²) in [7, 11) is 0. The molecule has 0 N–H and O–H groups in total. The van der Waals surface area contributed by atoms with Crippen molar-refractivity contribution in [3.8, 4) is 0 Å². The lowest BCUT2D eigenvalue weighted by Gasteiger charge is -2.04. The van der Waals surface area contributed by atoms with Gasteiger partial charge in [0.25, 0.3) is 0 Å². The molecule has 1 heteroatoms. The lowest BCUT2D eigenvalue weighted by molar-refractivity contribution is -0.114. The highest BCUT2D eigenvalue weighted by Gasteiger charge is 1.99. The zero-order chi connectivity index (χ0) is 13.4. The van der Waals surface area contributed by atoms with Gasteiger partial charge in [-0.25, -0.2) is 0 Å². The van der Waals surface area contributed by atoms with Crippen molar-refractivity contribution in [2.45, 2.75) is 52.9 Å². The first-order valence-corrected chi connectivity index (χ1v) is 6.97. The summed E-state index contributed by atoms with van der Waals surface area (Å²) < 4.78 is 0. The van der Waals surface area contributed by atoms with Crippen molar-refractivity contribution in [3.05, 3.63) is 41.5 Å². The molecule has 0 aromatic heterocycles. The van der Waals surface area contributed by atoms with E-state index in [9.17, 15) is 4.79 Å². The van der Waals surface area contributed by atoms with Crippen LogP contribution in [-0.2, 0) is 11.2 Å². The zero-order valence-electron chi connectivity index (χ0n) is 11.8. The average Bonchev–Trinajstić information content (AvgIpc) is 2.39.